The lowest BCUT2D eigenvalue weighted by Crippen LogP contribution is -2.24. The molecule has 0 unspecified atom stereocenters. The Kier molecular flexibility index (Phi) is 4.17. The van der Waals surface area contributed by atoms with Crippen LogP contribution < -0.4 is 0 Å². The van der Waals surface area contributed by atoms with Gasteiger partial charge in [0.25, 0.3) is 0 Å². The van der Waals surface area contributed by atoms with Crippen LogP contribution >= 0.6 is 0 Å². The van der Waals surface area contributed by atoms with E-state index in [-0.39, 0.29) is 5.57 Å². The van der Waals surface area contributed by atoms with Gasteiger partial charge in [-0.1, -0.05) is 12.5 Å². The van der Waals surface area contributed by atoms with E-state index in [2.05, 4.69) is 4.99 Å². The second kappa shape index (κ2) is 4.44. The van der Waals surface area contributed by atoms with E-state index in [1.54, 1.807) is 6.92 Å². The molecule has 0 fully saturated rings. The first-order chi connectivity index (χ1) is 5.84. The first kappa shape index (κ1) is 12.2. The van der Waals surface area contributed by atoms with Crippen LogP contribution in [0.1, 0.15) is 27.2 Å². The molecule has 0 aliphatic rings. The Balaban J connectivity index is 5.05. The van der Waals surface area contributed by atoms with E-state index >= 15 is 0 Å². The highest BCUT2D eigenvalue weighted by molar-refractivity contribution is 6.04. The summed E-state index contributed by atoms with van der Waals surface area (Å²) in [5.74, 6) is 0. The number of hydrogen-bond acceptors (Lipinski definition) is 1. The van der Waals surface area contributed by atoms with Gasteiger partial charge in [-0.15, -0.1) is 0 Å². The van der Waals surface area contributed by atoms with Crippen LogP contribution in [0.3, 0.4) is 0 Å². The molecule has 0 radical (unpaired) electrons. The van der Waals surface area contributed by atoms with E-state index in [0.717, 1.165) is 12.6 Å². The lowest BCUT2D eigenvalue weighted by atomic mass is 10.0. The number of nitrogens with zero attached hydrogens (tertiary/aromatic N) is 1. The normalized spacial score (nSPS) is 15.8. The van der Waals surface area contributed by atoms with Crippen molar-refractivity contribution in [3.63, 3.8) is 0 Å². The Labute approximate surface area is 76.4 Å². The third kappa shape index (κ3) is 3.20. The monoisotopic (exact) mass is 193 g/mol. The molecule has 0 spiro atoms. The maximum absolute atomic E-state index is 12.3. The molecule has 0 saturated carbocycles. The van der Waals surface area contributed by atoms with Gasteiger partial charge < -0.3 is 0 Å². The maximum Gasteiger partial charge on any atom is 0.433 e. The van der Waals surface area contributed by atoms with E-state index in [1.807, 2.05) is 6.92 Å². The molecule has 13 heavy (non-hydrogen) atoms. The van der Waals surface area contributed by atoms with Crippen molar-refractivity contribution in [3.8, 4) is 0 Å². The van der Waals surface area contributed by atoms with Crippen LogP contribution in [0.4, 0.5) is 13.2 Å². The van der Waals surface area contributed by atoms with Crippen molar-refractivity contribution >= 4 is 5.71 Å². The van der Waals surface area contributed by atoms with E-state index in [9.17, 15) is 13.2 Å². The van der Waals surface area contributed by atoms with Gasteiger partial charge in [-0.2, -0.15) is 13.2 Å². The molecule has 0 aromatic rings. The number of rotatable bonds is 2. The molecule has 0 amide bonds. The van der Waals surface area contributed by atoms with Gasteiger partial charge in [0.05, 0.1) is 0 Å². The van der Waals surface area contributed by atoms with Gasteiger partial charge in [0.1, 0.15) is 5.71 Å². The molecule has 1 nitrogen and oxygen atoms in total. The van der Waals surface area contributed by atoms with Crippen LogP contribution in [-0.4, -0.2) is 18.9 Å². The SMILES string of the molecule is CC/C(C)=C(\C)C(=NC)C(F)(F)F. The number of allylic oxidation sites excluding steroid dienone is 2. The van der Waals surface area contributed by atoms with Crippen molar-refractivity contribution in [1.29, 1.82) is 0 Å². The molecule has 0 N–H and O–H groups in total. The maximum atomic E-state index is 12.3. The van der Waals surface area contributed by atoms with Crippen LogP contribution in [0.25, 0.3) is 0 Å². The summed E-state index contributed by atoms with van der Waals surface area (Å²) in [5, 5.41) is 0. The highest BCUT2D eigenvalue weighted by Gasteiger charge is 2.36. The van der Waals surface area contributed by atoms with Crippen molar-refractivity contribution in [1.82, 2.24) is 0 Å². The summed E-state index contributed by atoms with van der Waals surface area (Å²) >= 11 is 0. The summed E-state index contributed by atoms with van der Waals surface area (Å²) in [5.41, 5.74) is 0.183. The van der Waals surface area contributed by atoms with Crippen LogP contribution in [-0.2, 0) is 0 Å². The average molecular weight is 193 g/mol. The summed E-state index contributed by atoms with van der Waals surface area (Å²) in [6, 6.07) is 0. The van der Waals surface area contributed by atoms with E-state index in [1.165, 1.54) is 6.92 Å². The second-order valence-corrected chi connectivity index (χ2v) is 2.83. The van der Waals surface area contributed by atoms with Gasteiger partial charge in [-0.3, -0.25) is 4.99 Å². The van der Waals surface area contributed by atoms with E-state index in [0.29, 0.717) is 6.42 Å². The fourth-order valence-electron chi connectivity index (χ4n) is 0.974. The van der Waals surface area contributed by atoms with Crippen molar-refractivity contribution in [2.75, 3.05) is 7.05 Å². The van der Waals surface area contributed by atoms with Gasteiger partial charge in [0.2, 0.25) is 0 Å². The third-order valence-corrected chi connectivity index (χ3v) is 2.02. The fraction of sp³-hybridized carbons (Fsp3) is 0.667. The molecule has 0 aromatic heterocycles. The predicted octanol–water partition coefficient (Wildman–Crippen LogP) is 3.37. The summed E-state index contributed by atoms with van der Waals surface area (Å²) < 4.78 is 36.9. The van der Waals surface area contributed by atoms with Crippen molar-refractivity contribution in [3.05, 3.63) is 11.1 Å². The van der Waals surface area contributed by atoms with Crippen molar-refractivity contribution in [2.45, 2.75) is 33.4 Å². The Bertz CT molecular complexity index is 236. The first-order valence-electron chi connectivity index (χ1n) is 4.05. The summed E-state index contributed by atoms with van der Waals surface area (Å²) in [4.78, 5) is 3.26. The Morgan fingerprint density at radius 1 is 1.23 bits per heavy atom. The number of alkyl halides is 3. The largest absolute Gasteiger partial charge is 0.433 e. The molecule has 4 heteroatoms. The van der Waals surface area contributed by atoms with Crippen LogP contribution in [0.5, 0.6) is 0 Å². The molecule has 76 valence electrons. The number of aliphatic imine (C=N–C) groups is 1. The highest BCUT2D eigenvalue weighted by atomic mass is 19.4. The van der Waals surface area contributed by atoms with Gasteiger partial charge in [0, 0.05) is 7.05 Å². The summed E-state index contributed by atoms with van der Waals surface area (Å²) in [6.45, 7) is 4.96. The molecule has 0 aromatic carbocycles. The molecule has 0 aliphatic heterocycles. The lowest BCUT2D eigenvalue weighted by molar-refractivity contribution is -0.0583. The highest BCUT2D eigenvalue weighted by Crippen LogP contribution is 2.24. The summed E-state index contributed by atoms with van der Waals surface area (Å²) in [6.07, 6.45) is -3.73. The minimum absolute atomic E-state index is 0.234. The number of halogens is 3. The Morgan fingerprint density at radius 2 is 1.69 bits per heavy atom. The molecule has 0 aliphatic carbocycles. The standard InChI is InChI=1S/C9H14F3N/c1-5-6(2)7(3)8(13-4)9(10,11)12/h5H2,1-4H3/b7-6+,13-8?. The molecular formula is C9H14F3N. The zero-order valence-electron chi connectivity index (χ0n) is 8.29. The average Bonchev–Trinajstić information content (AvgIpc) is 2.01. The first-order valence-corrected chi connectivity index (χ1v) is 4.05. The smallest absolute Gasteiger partial charge is 0.284 e. The molecule has 0 rings (SSSR count). The van der Waals surface area contributed by atoms with Crippen LogP contribution in [0.2, 0.25) is 0 Å². The Hall–Kier alpha value is -0.800. The van der Waals surface area contributed by atoms with Gasteiger partial charge in [-0.05, 0) is 25.8 Å². The molecule has 0 bridgehead atoms. The van der Waals surface area contributed by atoms with Gasteiger partial charge >= 0.3 is 6.18 Å². The van der Waals surface area contributed by atoms with E-state index < -0.39 is 11.9 Å². The number of hydrogen-bond donors (Lipinski definition) is 0. The molecule has 0 saturated heterocycles. The van der Waals surface area contributed by atoms with E-state index in [4.69, 9.17) is 0 Å². The molecule has 0 heterocycles. The summed E-state index contributed by atoms with van der Waals surface area (Å²) in [7, 11) is 1.16. The van der Waals surface area contributed by atoms with Crippen LogP contribution in [0.15, 0.2) is 16.1 Å². The van der Waals surface area contributed by atoms with Gasteiger partial charge in [0.15, 0.2) is 0 Å². The fourth-order valence-corrected chi connectivity index (χ4v) is 0.974. The predicted molar refractivity (Wildman–Crippen MR) is 48.1 cm³/mol. The van der Waals surface area contributed by atoms with Gasteiger partial charge in [-0.25, -0.2) is 0 Å². The zero-order valence-corrected chi connectivity index (χ0v) is 8.29. The van der Waals surface area contributed by atoms with Crippen LogP contribution in [0, 0.1) is 0 Å². The minimum atomic E-state index is -4.34. The topological polar surface area (TPSA) is 12.4 Å². The quantitative estimate of drug-likeness (QED) is 0.596. The molecule has 0 atom stereocenters. The van der Waals surface area contributed by atoms with Crippen molar-refractivity contribution in [2.24, 2.45) is 4.99 Å². The second-order valence-electron chi connectivity index (χ2n) is 2.83. The Morgan fingerprint density at radius 3 is 1.92 bits per heavy atom. The molecular weight excluding hydrogens is 179 g/mol. The zero-order chi connectivity index (χ0) is 10.6. The van der Waals surface area contributed by atoms with Crippen molar-refractivity contribution < 1.29 is 13.2 Å². The lowest BCUT2D eigenvalue weighted by Gasteiger charge is -2.12. The minimum Gasteiger partial charge on any atom is -0.284 e. The third-order valence-electron chi connectivity index (χ3n) is 2.02.